The van der Waals surface area contributed by atoms with Gasteiger partial charge in [-0.1, -0.05) is 48.0 Å². The van der Waals surface area contributed by atoms with Gasteiger partial charge < -0.3 is 9.67 Å². The summed E-state index contributed by atoms with van der Waals surface area (Å²) >= 11 is 5.95. The monoisotopic (exact) mass is 498 g/mol. The molecule has 1 N–H and O–H groups in total. The second-order valence-electron chi connectivity index (χ2n) is 8.71. The van der Waals surface area contributed by atoms with Crippen molar-refractivity contribution in [3.05, 3.63) is 101 Å². The number of aliphatic hydroxyl groups is 1. The van der Waals surface area contributed by atoms with E-state index in [2.05, 4.69) is 4.98 Å². The van der Waals surface area contributed by atoms with Crippen LogP contribution in [-0.4, -0.2) is 29.3 Å². The molecule has 8 heteroatoms. The lowest BCUT2D eigenvalue weighted by Gasteiger charge is -2.13. The highest BCUT2D eigenvalue weighted by Gasteiger charge is 2.23. The van der Waals surface area contributed by atoms with Crippen LogP contribution in [0.5, 0.6) is 0 Å². The minimum absolute atomic E-state index is 0.0407. The molecule has 0 aliphatic rings. The number of benzene rings is 3. The van der Waals surface area contributed by atoms with E-state index in [4.69, 9.17) is 11.6 Å². The Morgan fingerprint density at radius 1 is 1.03 bits per heavy atom. The first-order chi connectivity index (χ1) is 15.9. The molecule has 0 aliphatic carbocycles. The number of hydrogen-bond acceptors (Lipinski definition) is 4. The number of imidazole rings is 1. The highest BCUT2D eigenvalue weighted by molar-refractivity contribution is 7.90. The molecule has 0 amide bonds. The summed E-state index contributed by atoms with van der Waals surface area (Å²) < 4.78 is 40.2. The van der Waals surface area contributed by atoms with Crippen molar-refractivity contribution in [3.63, 3.8) is 0 Å². The molecule has 1 heterocycles. The van der Waals surface area contributed by atoms with Gasteiger partial charge in [-0.15, -0.1) is 0 Å². The van der Waals surface area contributed by atoms with Crippen LogP contribution in [0.1, 0.15) is 30.9 Å². The molecular formula is C26H24ClFN2O3S. The molecule has 5 nitrogen and oxygen atoms in total. The van der Waals surface area contributed by atoms with E-state index in [-0.39, 0.29) is 16.3 Å². The third-order valence-electron chi connectivity index (χ3n) is 5.53. The molecular weight excluding hydrogens is 475 g/mol. The van der Waals surface area contributed by atoms with Crippen molar-refractivity contribution in [2.75, 3.05) is 6.26 Å². The Kier molecular flexibility index (Phi) is 6.38. The average Bonchev–Trinajstić information content (AvgIpc) is 3.21. The lowest BCUT2D eigenvalue weighted by Crippen LogP contribution is -2.16. The van der Waals surface area contributed by atoms with Crippen LogP contribution in [0.25, 0.3) is 16.8 Å². The van der Waals surface area contributed by atoms with E-state index in [9.17, 15) is 17.9 Å². The topological polar surface area (TPSA) is 72.2 Å². The standard InChI is InChI=1S/C26H24ClFN2O3S/c1-26(2,31)23-16-30(24(29-23)15-19-7-5-9-22(27)25(19)28)20-12-10-17(11-13-20)18-6-4-8-21(14-18)34(3,32)33/h4-14,16,31H,15H2,1-3H3. The van der Waals surface area contributed by atoms with Gasteiger partial charge in [0.05, 0.1) is 15.6 Å². The molecule has 176 valence electrons. The van der Waals surface area contributed by atoms with Crippen molar-refractivity contribution in [2.45, 2.75) is 30.8 Å². The van der Waals surface area contributed by atoms with Gasteiger partial charge in [-0.05, 0) is 60.9 Å². The summed E-state index contributed by atoms with van der Waals surface area (Å²) in [5.74, 6) is 0.0507. The van der Waals surface area contributed by atoms with Gasteiger partial charge in [0.1, 0.15) is 17.2 Å². The molecule has 0 radical (unpaired) electrons. The van der Waals surface area contributed by atoms with Crippen LogP contribution in [0.4, 0.5) is 4.39 Å². The Morgan fingerprint density at radius 2 is 1.71 bits per heavy atom. The zero-order valence-corrected chi connectivity index (χ0v) is 20.5. The SMILES string of the molecule is CC(C)(O)c1cn(-c2ccc(-c3cccc(S(C)(=O)=O)c3)cc2)c(Cc2cccc(Cl)c2F)n1. The number of sulfone groups is 1. The van der Waals surface area contributed by atoms with Crippen molar-refractivity contribution in [1.82, 2.24) is 9.55 Å². The molecule has 0 spiro atoms. The maximum atomic E-state index is 14.6. The number of hydrogen-bond donors (Lipinski definition) is 1. The van der Waals surface area contributed by atoms with Gasteiger partial charge in [0.25, 0.3) is 0 Å². The third kappa shape index (κ3) is 5.06. The summed E-state index contributed by atoms with van der Waals surface area (Å²) in [4.78, 5) is 4.83. The quantitative estimate of drug-likeness (QED) is 0.378. The molecule has 0 saturated heterocycles. The molecule has 0 saturated carbocycles. The fraction of sp³-hybridized carbons (Fsp3) is 0.192. The lowest BCUT2D eigenvalue weighted by atomic mass is 10.1. The highest BCUT2D eigenvalue weighted by atomic mass is 35.5. The number of halogens is 2. The summed E-state index contributed by atoms with van der Waals surface area (Å²) in [6.07, 6.45) is 3.09. The smallest absolute Gasteiger partial charge is 0.175 e. The Labute approximate surface area is 203 Å². The minimum Gasteiger partial charge on any atom is -0.384 e. The summed E-state index contributed by atoms with van der Waals surface area (Å²) in [5.41, 5.74) is 2.06. The van der Waals surface area contributed by atoms with E-state index in [1.54, 1.807) is 50.4 Å². The van der Waals surface area contributed by atoms with Gasteiger partial charge in [-0.3, -0.25) is 0 Å². The average molecular weight is 499 g/mol. The zero-order chi connectivity index (χ0) is 24.7. The van der Waals surface area contributed by atoms with Crippen molar-refractivity contribution in [2.24, 2.45) is 0 Å². The van der Waals surface area contributed by atoms with Crippen molar-refractivity contribution < 1.29 is 17.9 Å². The summed E-state index contributed by atoms with van der Waals surface area (Å²) in [5, 5.41) is 10.5. The predicted octanol–water partition coefficient (Wildman–Crippen LogP) is 5.55. The van der Waals surface area contributed by atoms with Gasteiger partial charge in [0.2, 0.25) is 0 Å². The fourth-order valence-corrected chi connectivity index (χ4v) is 4.50. The molecule has 4 rings (SSSR count). The predicted molar refractivity (Wildman–Crippen MR) is 132 cm³/mol. The summed E-state index contributed by atoms with van der Waals surface area (Å²) in [6.45, 7) is 3.28. The number of nitrogens with zero attached hydrogens (tertiary/aromatic N) is 2. The second kappa shape index (κ2) is 8.98. The van der Waals surface area contributed by atoms with Crippen LogP contribution in [0.3, 0.4) is 0 Å². The van der Waals surface area contributed by atoms with E-state index >= 15 is 0 Å². The van der Waals surface area contributed by atoms with Crippen LogP contribution in [0.15, 0.2) is 77.8 Å². The third-order valence-corrected chi connectivity index (χ3v) is 6.93. The van der Waals surface area contributed by atoms with Crippen LogP contribution in [-0.2, 0) is 21.9 Å². The van der Waals surface area contributed by atoms with Gasteiger partial charge >= 0.3 is 0 Å². The molecule has 0 unspecified atom stereocenters. The largest absolute Gasteiger partial charge is 0.384 e. The van der Waals surface area contributed by atoms with Gasteiger partial charge in [0.15, 0.2) is 9.84 Å². The minimum atomic E-state index is -3.31. The number of rotatable bonds is 6. The first-order valence-electron chi connectivity index (χ1n) is 10.6. The van der Waals surface area contributed by atoms with Gasteiger partial charge in [-0.25, -0.2) is 17.8 Å². The van der Waals surface area contributed by atoms with E-state index in [1.165, 1.54) is 12.3 Å². The second-order valence-corrected chi connectivity index (χ2v) is 11.1. The molecule has 4 aromatic rings. The van der Waals surface area contributed by atoms with Gasteiger partial charge in [0, 0.05) is 24.6 Å². The fourth-order valence-electron chi connectivity index (χ4n) is 3.64. The summed E-state index contributed by atoms with van der Waals surface area (Å²) in [7, 11) is -3.31. The Balaban J connectivity index is 1.74. The van der Waals surface area contributed by atoms with Crippen LogP contribution in [0.2, 0.25) is 5.02 Å². The van der Waals surface area contributed by atoms with Crippen molar-refractivity contribution in [3.8, 4) is 16.8 Å². The zero-order valence-electron chi connectivity index (χ0n) is 19.0. The van der Waals surface area contributed by atoms with Crippen LogP contribution < -0.4 is 0 Å². The van der Waals surface area contributed by atoms with Crippen molar-refractivity contribution in [1.29, 1.82) is 0 Å². The van der Waals surface area contributed by atoms with Crippen LogP contribution in [0, 0.1) is 5.82 Å². The molecule has 0 bridgehead atoms. The first-order valence-corrected chi connectivity index (χ1v) is 12.9. The first kappa shape index (κ1) is 24.1. The Hall–Kier alpha value is -3.00. The Morgan fingerprint density at radius 3 is 2.35 bits per heavy atom. The summed E-state index contributed by atoms with van der Waals surface area (Å²) in [6, 6.07) is 19.1. The molecule has 34 heavy (non-hydrogen) atoms. The molecule has 3 aromatic carbocycles. The maximum absolute atomic E-state index is 14.6. The molecule has 0 atom stereocenters. The molecule has 1 aromatic heterocycles. The van der Waals surface area contributed by atoms with E-state index in [0.29, 0.717) is 17.1 Å². The number of aromatic nitrogens is 2. The molecule has 0 aliphatic heterocycles. The van der Waals surface area contributed by atoms with E-state index < -0.39 is 21.3 Å². The lowest BCUT2D eigenvalue weighted by molar-refractivity contribution is 0.0741. The maximum Gasteiger partial charge on any atom is 0.175 e. The normalized spacial score (nSPS) is 12.2. The molecule has 0 fully saturated rings. The highest BCUT2D eigenvalue weighted by Crippen LogP contribution is 2.28. The van der Waals surface area contributed by atoms with E-state index in [0.717, 1.165) is 16.8 Å². The van der Waals surface area contributed by atoms with Gasteiger partial charge in [-0.2, -0.15) is 0 Å². The Bertz CT molecular complexity index is 1460. The van der Waals surface area contributed by atoms with E-state index in [1.807, 2.05) is 34.9 Å². The van der Waals surface area contributed by atoms with Crippen molar-refractivity contribution >= 4 is 21.4 Å². The van der Waals surface area contributed by atoms with Crippen LogP contribution >= 0.6 is 11.6 Å².